The fourth-order valence-electron chi connectivity index (χ4n) is 2.70. The second kappa shape index (κ2) is 7.35. The van der Waals surface area contributed by atoms with E-state index in [0.717, 1.165) is 25.2 Å². The molecule has 1 fully saturated rings. The molecule has 0 N–H and O–H groups in total. The molecular formula is C18H17Cl2N2O. The maximum absolute atomic E-state index is 12.4. The molecule has 1 aliphatic heterocycles. The third kappa shape index (κ3) is 4.05. The summed E-state index contributed by atoms with van der Waals surface area (Å²) in [6.45, 7) is 3.87. The van der Waals surface area contributed by atoms with Crippen LogP contribution in [0.4, 0.5) is 0 Å². The van der Waals surface area contributed by atoms with Crippen LogP contribution in [0.3, 0.4) is 0 Å². The molecule has 1 saturated heterocycles. The van der Waals surface area contributed by atoms with Gasteiger partial charge in [-0.2, -0.15) is 0 Å². The minimum absolute atomic E-state index is 0.0507. The van der Waals surface area contributed by atoms with Gasteiger partial charge in [0.2, 0.25) is 0 Å². The lowest BCUT2D eigenvalue weighted by Crippen LogP contribution is -2.48. The Balaban J connectivity index is 1.57. The summed E-state index contributed by atoms with van der Waals surface area (Å²) < 4.78 is 0. The van der Waals surface area contributed by atoms with E-state index in [4.69, 9.17) is 23.2 Å². The van der Waals surface area contributed by atoms with Crippen LogP contribution < -0.4 is 0 Å². The number of carbonyl (C=O) groups is 1. The number of piperazine rings is 1. The van der Waals surface area contributed by atoms with Crippen molar-refractivity contribution >= 4 is 29.1 Å². The summed E-state index contributed by atoms with van der Waals surface area (Å²) in [4.78, 5) is 16.6. The lowest BCUT2D eigenvalue weighted by atomic mass is 10.1. The Hall–Kier alpha value is -1.55. The van der Waals surface area contributed by atoms with Gasteiger partial charge in [0.1, 0.15) is 0 Å². The quantitative estimate of drug-likeness (QED) is 0.843. The number of hydrogen-bond acceptors (Lipinski definition) is 2. The van der Waals surface area contributed by atoms with Crippen LogP contribution in [0.1, 0.15) is 15.9 Å². The van der Waals surface area contributed by atoms with Crippen molar-refractivity contribution < 1.29 is 4.79 Å². The first-order chi connectivity index (χ1) is 11.1. The first-order valence-electron chi connectivity index (χ1n) is 7.56. The van der Waals surface area contributed by atoms with Crippen LogP contribution in [0.2, 0.25) is 10.0 Å². The van der Waals surface area contributed by atoms with Gasteiger partial charge in [-0.3, -0.25) is 9.69 Å². The highest BCUT2D eigenvalue weighted by molar-refractivity contribution is 6.35. The lowest BCUT2D eigenvalue weighted by Gasteiger charge is -2.35. The summed E-state index contributed by atoms with van der Waals surface area (Å²) in [6.07, 6.45) is 0. The molecule has 0 aliphatic carbocycles. The normalized spacial score (nSPS) is 15.7. The number of nitrogens with zero attached hydrogens (tertiary/aromatic N) is 2. The van der Waals surface area contributed by atoms with Gasteiger partial charge in [-0.15, -0.1) is 0 Å². The fourth-order valence-corrected chi connectivity index (χ4v) is 3.16. The van der Waals surface area contributed by atoms with Crippen molar-refractivity contribution in [2.24, 2.45) is 0 Å². The summed E-state index contributed by atoms with van der Waals surface area (Å²) in [5.41, 5.74) is 1.69. The molecule has 23 heavy (non-hydrogen) atoms. The average Bonchev–Trinajstić information content (AvgIpc) is 2.58. The Bertz CT molecular complexity index is 683. The molecule has 0 spiro atoms. The summed E-state index contributed by atoms with van der Waals surface area (Å²) >= 11 is 12.2. The molecule has 0 unspecified atom stereocenters. The minimum atomic E-state index is 0.0507. The SMILES string of the molecule is O=C(c1[c]cccc1)N1CCN(Cc2ccc(Cl)cc2Cl)CC1. The molecular weight excluding hydrogens is 331 g/mol. The van der Waals surface area contributed by atoms with Gasteiger partial charge in [0.15, 0.2) is 0 Å². The van der Waals surface area contributed by atoms with Gasteiger partial charge in [0.05, 0.1) is 0 Å². The molecule has 1 heterocycles. The predicted molar refractivity (Wildman–Crippen MR) is 92.9 cm³/mol. The number of rotatable bonds is 3. The topological polar surface area (TPSA) is 23.6 Å². The average molecular weight is 348 g/mol. The number of amides is 1. The van der Waals surface area contributed by atoms with Crippen molar-refractivity contribution in [3.05, 3.63) is 69.7 Å². The first-order valence-corrected chi connectivity index (χ1v) is 8.31. The van der Waals surface area contributed by atoms with E-state index in [0.29, 0.717) is 28.7 Å². The molecule has 1 aliphatic rings. The molecule has 0 atom stereocenters. The zero-order valence-electron chi connectivity index (χ0n) is 12.6. The van der Waals surface area contributed by atoms with Gasteiger partial charge >= 0.3 is 0 Å². The molecule has 3 rings (SSSR count). The van der Waals surface area contributed by atoms with Crippen LogP contribution in [-0.4, -0.2) is 41.9 Å². The number of carbonyl (C=O) groups excluding carboxylic acids is 1. The van der Waals surface area contributed by atoms with Crippen LogP contribution in [0, 0.1) is 6.07 Å². The van der Waals surface area contributed by atoms with Crippen molar-refractivity contribution in [3.8, 4) is 0 Å². The smallest absolute Gasteiger partial charge is 0.254 e. The molecule has 0 saturated carbocycles. The van der Waals surface area contributed by atoms with Crippen LogP contribution in [0.5, 0.6) is 0 Å². The van der Waals surface area contributed by atoms with Crippen molar-refractivity contribution in [2.45, 2.75) is 6.54 Å². The molecule has 0 aromatic heterocycles. The van der Waals surface area contributed by atoms with Crippen LogP contribution in [0.25, 0.3) is 0 Å². The number of benzene rings is 2. The summed E-state index contributed by atoms with van der Waals surface area (Å²) in [5.74, 6) is 0.0507. The van der Waals surface area contributed by atoms with E-state index in [1.807, 2.05) is 35.2 Å². The highest BCUT2D eigenvalue weighted by atomic mass is 35.5. The molecule has 1 radical (unpaired) electrons. The van der Waals surface area contributed by atoms with Gasteiger partial charge in [-0.25, -0.2) is 0 Å². The predicted octanol–water partition coefficient (Wildman–Crippen LogP) is 3.75. The van der Waals surface area contributed by atoms with Crippen molar-refractivity contribution in [1.82, 2.24) is 9.80 Å². The summed E-state index contributed by atoms with van der Waals surface area (Å²) in [7, 11) is 0. The van der Waals surface area contributed by atoms with E-state index in [1.165, 1.54) is 0 Å². The molecule has 2 aromatic rings. The zero-order chi connectivity index (χ0) is 16.2. The highest BCUT2D eigenvalue weighted by Crippen LogP contribution is 2.22. The third-order valence-electron chi connectivity index (χ3n) is 4.01. The Kier molecular flexibility index (Phi) is 5.21. The molecule has 2 aromatic carbocycles. The Morgan fingerprint density at radius 1 is 1.09 bits per heavy atom. The third-order valence-corrected chi connectivity index (χ3v) is 4.59. The van der Waals surface area contributed by atoms with E-state index in [-0.39, 0.29) is 5.91 Å². The number of hydrogen-bond donors (Lipinski definition) is 0. The van der Waals surface area contributed by atoms with Crippen LogP contribution >= 0.6 is 23.2 Å². The van der Waals surface area contributed by atoms with Crippen LogP contribution in [-0.2, 0) is 6.54 Å². The van der Waals surface area contributed by atoms with Gasteiger partial charge in [0.25, 0.3) is 5.91 Å². The fraction of sp³-hybridized carbons (Fsp3) is 0.278. The summed E-state index contributed by atoms with van der Waals surface area (Å²) in [6, 6.07) is 15.9. The van der Waals surface area contributed by atoms with E-state index in [2.05, 4.69) is 11.0 Å². The maximum atomic E-state index is 12.4. The molecule has 5 heteroatoms. The second-order valence-electron chi connectivity index (χ2n) is 5.58. The highest BCUT2D eigenvalue weighted by Gasteiger charge is 2.22. The van der Waals surface area contributed by atoms with Crippen molar-refractivity contribution in [1.29, 1.82) is 0 Å². The monoisotopic (exact) mass is 347 g/mol. The van der Waals surface area contributed by atoms with Gasteiger partial charge in [-0.1, -0.05) is 47.5 Å². The Morgan fingerprint density at radius 2 is 1.87 bits per heavy atom. The van der Waals surface area contributed by atoms with Crippen molar-refractivity contribution in [3.63, 3.8) is 0 Å². The molecule has 3 nitrogen and oxygen atoms in total. The minimum Gasteiger partial charge on any atom is -0.336 e. The Morgan fingerprint density at radius 3 is 2.52 bits per heavy atom. The van der Waals surface area contributed by atoms with E-state index < -0.39 is 0 Å². The largest absolute Gasteiger partial charge is 0.336 e. The van der Waals surface area contributed by atoms with E-state index >= 15 is 0 Å². The lowest BCUT2D eigenvalue weighted by molar-refractivity contribution is 0.0628. The van der Waals surface area contributed by atoms with E-state index in [1.54, 1.807) is 12.1 Å². The van der Waals surface area contributed by atoms with Crippen molar-refractivity contribution in [2.75, 3.05) is 26.2 Å². The second-order valence-corrected chi connectivity index (χ2v) is 6.42. The molecule has 1 amide bonds. The molecule has 119 valence electrons. The molecule has 0 bridgehead atoms. The zero-order valence-corrected chi connectivity index (χ0v) is 14.1. The summed E-state index contributed by atoms with van der Waals surface area (Å²) in [5, 5.41) is 1.34. The number of halogens is 2. The van der Waals surface area contributed by atoms with Gasteiger partial charge in [-0.05, 0) is 29.8 Å². The van der Waals surface area contributed by atoms with Crippen LogP contribution in [0.15, 0.2) is 42.5 Å². The van der Waals surface area contributed by atoms with Gasteiger partial charge in [0, 0.05) is 48.3 Å². The standard InChI is InChI=1S/C18H17Cl2N2O/c19-16-7-6-15(17(20)12-16)13-21-8-10-22(11-9-21)18(23)14-4-2-1-3-5-14/h1-4,6-7,12H,8-11,13H2. The Labute approximate surface area is 146 Å². The first kappa shape index (κ1) is 16.3. The van der Waals surface area contributed by atoms with E-state index in [9.17, 15) is 4.79 Å². The maximum Gasteiger partial charge on any atom is 0.254 e. The van der Waals surface area contributed by atoms with Gasteiger partial charge < -0.3 is 4.90 Å².